The summed E-state index contributed by atoms with van der Waals surface area (Å²) in [6.07, 6.45) is 3.53. The molecule has 1 heterocycles. The normalized spacial score (nSPS) is 12.4. The first-order valence-corrected chi connectivity index (χ1v) is 6.79. The maximum atomic E-state index is 12.4. The first-order chi connectivity index (χ1) is 9.58. The molecule has 2 rings (SSSR count). The molecule has 1 aromatic heterocycles. The Morgan fingerprint density at radius 2 is 2.00 bits per heavy atom. The van der Waals surface area contributed by atoms with Gasteiger partial charge in [0.2, 0.25) is 0 Å². The highest BCUT2D eigenvalue weighted by molar-refractivity contribution is 5.78. The number of ether oxygens (including phenoxy) is 1. The summed E-state index contributed by atoms with van der Waals surface area (Å²) in [7, 11) is 0. The number of hydrogen-bond donors (Lipinski definition) is 0. The second kappa shape index (κ2) is 6.37. The van der Waals surface area contributed by atoms with Crippen LogP contribution in [0.3, 0.4) is 0 Å². The van der Waals surface area contributed by atoms with Gasteiger partial charge in [0.25, 0.3) is 0 Å². The molecule has 0 bridgehead atoms. The molecule has 0 radical (unpaired) electrons. The topological polar surface area (TPSA) is 44.1 Å². The van der Waals surface area contributed by atoms with Crippen LogP contribution < -0.4 is 0 Å². The van der Waals surface area contributed by atoms with Crippen LogP contribution in [0.1, 0.15) is 31.1 Å². The van der Waals surface area contributed by atoms with Gasteiger partial charge < -0.3 is 9.30 Å². The summed E-state index contributed by atoms with van der Waals surface area (Å²) in [5, 5.41) is 0. The van der Waals surface area contributed by atoms with Gasteiger partial charge in [0, 0.05) is 6.20 Å². The van der Waals surface area contributed by atoms with Crippen LogP contribution in [0.5, 0.6) is 0 Å². The van der Waals surface area contributed by atoms with Crippen LogP contribution in [-0.2, 0) is 9.53 Å². The van der Waals surface area contributed by atoms with Gasteiger partial charge in [-0.2, -0.15) is 0 Å². The second-order valence-electron chi connectivity index (χ2n) is 5.30. The van der Waals surface area contributed by atoms with Crippen LogP contribution in [0.4, 0.5) is 0 Å². The van der Waals surface area contributed by atoms with Gasteiger partial charge in [-0.15, -0.1) is 0 Å². The standard InChI is InChI=1S/C16H20N2O2/c1-12(2)10-20-16(19)15(14-7-5-4-6-8-14)18-9-13(3)17-11-18/h4-9,11-12,15H,10H2,1-3H3. The van der Waals surface area contributed by atoms with Crippen LogP contribution in [0.25, 0.3) is 0 Å². The lowest BCUT2D eigenvalue weighted by Gasteiger charge is -2.18. The van der Waals surface area contributed by atoms with Gasteiger partial charge in [-0.25, -0.2) is 9.78 Å². The fourth-order valence-corrected chi connectivity index (χ4v) is 1.97. The minimum atomic E-state index is -0.476. The summed E-state index contributed by atoms with van der Waals surface area (Å²) < 4.78 is 7.20. The van der Waals surface area contributed by atoms with E-state index in [9.17, 15) is 4.79 Å². The molecule has 20 heavy (non-hydrogen) atoms. The van der Waals surface area contributed by atoms with Gasteiger partial charge in [0.1, 0.15) is 0 Å². The Morgan fingerprint density at radius 3 is 2.55 bits per heavy atom. The third kappa shape index (κ3) is 3.47. The predicted molar refractivity (Wildman–Crippen MR) is 77.3 cm³/mol. The van der Waals surface area contributed by atoms with Crippen molar-refractivity contribution in [1.29, 1.82) is 0 Å². The summed E-state index contributed by atoms with van der Waals surface area (Å²) in [4.78, 5) is 16.6. The minimum absolute atomic E-state index is 0.248. The molecular formula is C16H20N2O2. The van der Waals surface area contributed by atoms with Crippen LogP contribution >= 0.6 is 0 Å². The van der Waals surface area contributed by atoms with E-state index in [4.69, 9.17) is 4.74 Å². The SMILES string of the molecule is Cc1cn(C(C(=O)OCC(C)C)c2ccccc2)cn1. The smallest absolute Gasteiger partial charge is 0.333 e. The van der Waals surface area contributed by atoms with Crippen LogP contribution in [0.2, 0.25) is 0 Å². The van der Waals surface area contributed by atoms with E-state index in [0.717, 1.165) is 11.3 Å². The van der Waals surface area contributed by atoms with Gasteiger partial charge >= 0.3 is 5.97 Å². The maximum absolute atomic E-state index is 12.4. The third-order valence-electron chi connectivity index (χ3n) is 2.93. The minimum Gasteiger partial charge on any atom is -0.464 e. The van der Waals surface area contributed by atoms with Crippen molar-refractivity contribution in [1.82, 2.24) is 9.55 Å². The molecule has 0 saturated carbocycles. The number of aryl methyl sites for hydroxylation is 1. The van der Waals surface area contributed by atoms with Crippen molar-refractivity contribution >= 4 is 5.97 Å². The zero-order valence-corrected chi connectivity index (χ0v) is 12.1. The lowest BCUT2D eigenvalue weighted by atomic mass is 10.1. The van der Waals surface area contributed by atoms with Gasteiger partial charge in [0.05, 0.1) is 18.6 Å². The monoisotopic (exact) mass is 272 g/mol. The zero-order chi connectivity index (χ0) is 14.5. The predicted octanol–water partition coefficient (Wildman–Crippen LogP) is 2.98. The number of rotatable bonds is 5. The maximum Gasteiger partial charge on any atom is 0.333 e. The van der Waals surface area contributed by atoms with Crippen LogP contribution in [0.15, 0.2) is 42.9 Å². The molecule has 0 aliphatic rings. The van der Waals surface area contributed by atoms with Crippen molar-refractivity contribution in [2.45, 2.75) is 26.8 Å². The Kier molecular flexibility index (Phi) is 4.56. The highest BCUT2D eigenvalue weighted by atomic mass is 16.5. The van der Waals surface area contributed by atoms with Crippen molar-refractivity contribution in [3.05, 3.63) is 54.1 Å². The van der Waals surface area contributed by atoms with Crippen molar-refractivity contribution in [2.24, 2.45) is 5.92 Å². The summed E-state index contributed by atoms with van der Waals surface area (Å²) >= 11 is 0. The number of carbonyl (C=O) groups excluding carboxylic acids is 1. The van der Waals surface area contributed by atoms with Crippen molar-refractivity contribution < 1.29 is 9.53 Å². The first kappa shape index (κ1) is 14.3. The van der Waals surface area contributed by atoms with Gasteiger partial charge in [-0.3, -0.25) is 0 Å². The van der Waals surface area contributed by atoms with Crippen molar-refractivity contribution in [2.75, 3.05) is 6.61 Å². The second-order valence-corrected chi connectivity index (χ2v) is 5.30. The lowest BCUT2D eigenvalue weighted by Crippen LogP contribution is -2.23. The average molecular weight is 272 g/mol. The zero-order valence-electron chi connectivity index (χ0n) is 12.1. The first-order valence-electron chi connectivity index (χ1n) is 6.79. The number of nitrogens with zero attached hydrogens (tertiary/aromatic N) is 2. The van der Waals surface area contributed by atoms with E-state index in [1.807, 2.05) is 57.3 Å². The Labute approximate surface area is 119 Å². The molecule has 0 N–H and O–H groups in total. The molecular weight excluding hydrogens is 252 g/mol. The Hall–Kier alpha value is -2.10. The molecule has 0 spiro atoms. The fraction of sp³-hybridized carbons (Fsp3) is 0.375. The van der Waals surface area contributed by atoms with E-state index in [1.54, 1.807) is 10.9 Å². The van der Waals surface area contributed by atoms with Gasteiger partial charge in [0.15, 0.2) is 6.04 Å². The van der Waals surface area contributed by atoms with Crippen LogP contribution in [0, 0.1) is 12.8 Å². The molecule has 0 saturated heterocycles. The summed E-state index contributed by atoms with van der Waals surface area (Å²) in [5.74, 6) is 0.0715. The molecule has 106 valence electrons. The Morgan fingerprint density at radius 1 is 1.30 bits per heavy atom. The molecule has 0 aliphatic carbocycles. The highest BCUT2D eigenvalue weighted by Crippen LogP contribution is 2.20. The van der Waals surface area contributed by atoms with Gasteiger partial charge in [-0.1, -0.05) is 44.2 Å². The molecule has 1 unspecified atom stereocenters. The van der Waals surface area contributed by atoms with E-state index in [0.29, 0.717) is 12.5 Å². The number of hydrogen-bond acceptors (Lipinski definition) is 3. The molecule has 2 aromatic rings. The molecule has 4 nitrogen and oxygen atoms in total. The summed E-state index contributed by atoms with van der Waals surface area (Å²) in [6.45, 7) is 6.37. The summed E-state index contributed by atoms with van der Waals surface area (Å²) in [6, 6.07) is 9.15. The number of esters is 1. The van der Waals surface area contributed by atoms with E-state index in [2.05, 4.69) is 4.98 Å². The third-order valence-corrected chi connectivity index (χ3v) is 2.93. The van der Waals surface area contributed by atoms with Crippen molar-refractivity contribution in [3.8, 4) is 0 Å². The molecule has 0 amide bonds. The van der Waals surface area contributed by atoms with E-state index < -0.39 is 6.04 Å². The largest absolute Gasteiger partial charge is 0.464 e. The molecule has 1 atom stereocenters. The number of aromatic nitrogens is 2. The molecule has 4 heteroatoms. The molecule has 0 fully saturated rings. The van der Waals surface area contributed by atoms with Gasteiger partial charge in [-0.05, 0) is 18.4 Å². The molecule has 0 aliphatic heterocycles. The average Bonchev–Trinajstić information content (AvgIpc) is 2.84. The van der Waals surface area contributed by atoms with E-state index in [1.165, 1.54) is 0 Å². The number of carbonyl (C=O) groups is 1. The van der Waals surface area contributed by atoms with E-state index >= 15 is 0 Å². The number of benzene rings is 1. The quantitative estimate of drug-likeness (QED) is 0.786. The number of imidazole rings is 1. The molecule has 1 aromatic carbocycles. The highest BCUT2D eigenvalue weighted by Gasteiger charge is 2.24. The fourth-order valence-electron chi connectivity index (χ4n) is 1.97. The van der Waals surface area contributed by atoms with Crippen molar-refractivity contribution in [3.63, 3.8) is 0 Å². The lowest BCUT2D eigenvalue weighted by molar-refractivity contribution is -0.147. The Balaban J connectivity index is 2.27. The van der Waals surface area contributed by atoms with Crippen LogP contribution in [-0.4, -0.2) is 22.1 Å². The Bertz CT molecular complexity index is 561. The van der Waals surface area contributed by atoms with E-state index in [-0.39, 0.29) is 5.97 Å². The summed E-state index contributed by atoms with van der Waals surface area (Å²) in [5.41, 5.74) is 1.78.